The van der Waals surface area contributed by atoms with Crippen LogP contribution in [0.25, 0.3) is 5.76 Å². The molecule has 0 unspecified atom stereocenters. The third-order valence-electron chi connectivity index (χ3n) is 2.67. The average molecular weight is 309 g/mol. The second-order valence-corrected chi connectivity index (χ2v) is 5.77. The zero-order valence-electron chi connectivity index (χ0n) is 11.7. The molecular formula is C14H13ClN2O4. The van der Waals surface area contributed by atoms with Crippen LogP contribution in [0, 0.1) is 26.9 Å². The zero-order valence-corrected chi connectivity index (χ0v) is 12.4. The number of aliphatic hydroxyl groups is 1. The van der Waals surface area contributed by atoms with Crippen LogP contribution in [-0.2, 0) is 4.79 Å². The van der Waals surface area contributed by atoms with Crippen molar-refractivity contribution in [3.8, 4) is 6.07 Å². The summed E-state index contributed by atoms with van der Waals surface area (Å²) in [6.07, 6.45) is 0. The van der Waals surface area contributed by atoms with Crippen molar-refractivity contribution in [2.75, 3.05) is 0 Å². The minimum Gasteiger partial charge on any atom is -0.506 e. The molecule has 1 rings (SSSR count). The highest BCUT2D eigenvalue weighted by Gasteiger charge is 2.30. The van der Waals surface area contributed by atoms with E-state index in [0.717, 1.165) is 6.07 Å². The molecule has 0 fully saturated rings. The summed E-state index contributed by atoms with van der Waals surface area (Å²) in [5.74, 6) is -1.33. The number of halogens is 1. The maximum absolute atomic E-state index is 12.1. The molecule has 0 aliphatic carbocycles. The normalized spacial score (nSPS) is 12.3. The van der Waals surface area contributed by atoms with E-state index in [-0.39, 0.29) is 10.6 Å². The van der Waals surface area contributed by atoms with Crippen LogP contribution in [0.3, 0.4) is 0 Å². The van der Waals surface area contributed by atoms with Gasteiger partial charge in [0.1, 0.15) is 11.6 Å². The SMILES string of the molecule is CC(C)(C)C(=O)/C(C#N)=C(\O)c1ccc(Cl)cc1[N+](=O)[O-]. The number of nitro groups is 1. The number of nitro benzene ring substituents is 1. The number of hydrogen-bond donors (Lipinski definition) is 1. The molecule has 0 spiro atoms. The van der Waals surface area contributed by atoms with Gasteiger partial charge in [0.15, 0.2) is 11.5 Å². The Bertz CT molecular complexity index is 681. The Kier molecular flexibility index (Phi) is 4.71. The van der Waals surface area contributed by atoms with E-state index in [1.54, 1.807) is 26.8 Å². The van der Waals surface area contributed by atoms with Crippen molar-refractivity contribution in [3.05, 3.63) is 44.5 Å². The van der Waals surface area contributed by atoms with Gasteiger partial charge in [-0.15, -0.1) is 0 Å². The molecule has 7 heteroatoms. The lowest BCUT2D eigenvalue weighted by Gasteiger charge is -2.16. The number of carbonyl (C=O) groups is 1. The Hall–Kier alpha value is -2.39. The molecule has 0 amide bonds. The number of nitrogens with zero attached hydrogens (tertiary/aromatic N) is 2. The minimum absolute atomic E-state index is 0.110. The summed E-state index contributed by atoms with van der Waals surface area (Å²) in [7, 11) is 0. The van der Waals surface area contributed by atoms with Gasteiger partial charge in [-0.2, -0.15) is 5.26 Å². The van der Waals surface area contributed by atoms with Gasteiger partial charge in [-0.25, -0.2) is 0 Å². The van der Waals surface area contributed by atoms with E-state index in [4.69, 9.17) is 16.9 Å². The predicted molar refractivity (Wildman–Crippen MR) is 77.7 cm³/mol. The molecule has 0 radical (unpaired) electrons. The van der Waals surface area contributed by atoms with Crippen LogP contribution in [0.5, 0.6) is 0 Å². The molecule has 1 aromatic rings. The van der Waals surface area contributed by atoms with Gasteiger partial charge < -0.3 is 5.11 Å². The molecular weight excluding hydrogens is 296 g/mol. The molecule has 0 atom stereocenters. The second kappa shape index (κ2) is 5.94. The number of Topliss-reactive ketones (excluding diaryl/α,β-unsaturated/α-hetero) is 1. The molecule has 1 aromatic carbocycles. The number of carbonyl (C=O) groups excluding carboxylic acids is 1. The Morgan fingerprint density at radius 1 is 1.43 bits per heavy atom. The van der Waals surface area contributed by atoms with Crippen LogP contribution < -0.4 is 0 Å². The van der Waals surface area contributed by atoms with Gasteiger partial charge in [0, 0.05) is 16.5 Å². The fraction of sp³-hybridized carbons (Fsp3) is 0.286. The van der Waals surface area contributed by atoms with Crippen molar-refractivity contribution in [3.63, 3.8) is 0 Å². The number of hydrogen-bond acceptors (Lipinski definition) is 5. The summed E-state index contributed by atoms with van der Waals surface area (Å²) in [6, 6.07) is 5.18. The summed E-state index contributed by atoms with van der Waals surface area (Å²) in [6.45, 7) is 4.74. The Labute approximate surface area is 126 Å². The van der Waals surface area contributed by atoms with E-state index in [1.807, 2.05) is 0 Å². The first kappa shape index (κ1) is 16.7. The van der Waals surface area contributed by atoms with E-state index in [2.05, 4.69) is 0 Å². The molecule has 0 heterocycles. The van der Waals surface area contributed by atoms with Crippen molar-refractivity contribution in [2.24, 2.45) is 5.41 Å². The second-order valence-electron chi connectivity index (χ2n) is 5.33. The minimum atomic E-state index is -0.903. The maximum atomic E-state index is 12.1. The molecule has 21 heavy (non-hydrogen) atoms. The van der Waals surface area contributed by atoms with Gasteiger partial charge in [0.2, 0.25) is 0 Å². The highest BCUT2D eigenvalue weighted by molar-refractivity contribution is 6.30. The molecule has 6 nitrogen and oxygen atoms in total. The van der Waals surface area contributed by atoms with E-state index >= 15 is 0 Å². The van der Waals surface area contributed by atoms with Crippen LogP contribution in [0.15, 0.2) is 23.8 Å². The first-order chi connectivity index (χ1) is 9.59. The first-order valence-electron chi connectivity index (χ1n) is 5.92. The highest BCUT2D eigenvalue weighted by Crippen LogP contribution is 2.31. The quantitative estimate of drug-likeness (QED) is 0.302. The van der Waals surface area contributed by atoms with Gasteiger partial charge in [0.25, 0.3) is 5.69 Å². The van der Waals surface area contributed by atoms with Crippen molar-refractivity contribution < 1.29 is 14.8 Å². The Balaban J connectivity index is 3.58. The summed E-state index contributed by atoms with van der Waals surface area (Å²) < 4.78 is 0. The van der Waals surface area contributed by atoms with Crippen molar-refractivity contribution in [2.45, 2.75) is 20.8 Å². The Morgan fingerprint density at radius 2 is 2.00 bits per heavy atom. The standard InChI is InChI=1S/C14H13ClN2O4/c1-14(2,3)13(19)10(7-16)12(18)9-5-4-8(15)6-11(9)17(20)21/h4-6,18H,1-3H3/b12-10-. The third-order valence-corrected chi connectivity index (χ3v) is 2.90. The fourth-order valence-electron chi connectivity index (χ4n) is 1.58. The zero-order chi connectivity index (χ0) is 16.4. The lowest BCUT2D eigenvalue weighted by Crippen LogP contribution is -2.22. The average Bonchev–Trinajstić information content (AvgIpc) is 2.37. The van der Waals surface area contributed by atoms with Gasteiger partial charge in [0.05, 0.1) is 10.5 Å². The largest absolute Gasteiger partial charge is 0.506 e. The van der Waals surface area contributed by atoms with Crippen molar-refractivity contribution >= 4 is 28.8 Å². The lowest BCUT2D eigenvalue weighted by atomic mass is 9.85. The number of nitriles is 1. The molecule has 0 aromatic heterocycles. The number of allylic oxidation sites excluding steroid dienone is 1. The molecule has 0 aliphatic rings. The fourth-order valence-corrected chi connectivity index (χ4v) is 1.74. The lowest BCUT2D eigenvalue weighted by molar-refractivity contribution is -0.385. The summed E-state index contributed by atoms with van der Waals surface area (Å²) in [4.78, 5) is 22.4. The summed E-state index contributed by atoms with van der Waals surface area (Å²) in [5.41, 5.74) is -2.12. The highest BCUT2D eigenvalue weighted by atomic mass is 35.5. The smallest absolute Gasteiger partial charge is 0.281 e. The number of benzene rings is 1. The van der Waals surface area contributed by atoms with E-state index in [9.17, 15) is 20.0 Å². The topological polar surface area (TPSA) is 104 Å². The first-order valence-corrected chi connectivity index (χ1v) is 6.30. The van der Waals surface area contributed by atoms with E-state index < -0.39 is 33.1 Å². The van der Waals surface area contributed by atoms with Gasteiger partial charge in [-0.1, -0.05) is 32.4 Å². The number of aliphatic hydroxyl groups excluding tert-OH is 1. The molecule has 0 saturated heterocycles. The van der Waals surface area contributed by atoms with Crippen LogP contribution >= 0.6 is 11.6 Å². The molecule has 0 bridgehead atoms. The number of rotatable bonds is 3. The molecule has 0 saturated carbocycles. The van der Waals surface area contributed by atoms with Gasteiger partial charge in [-0.3, -0.25) is 14.9 Å². The van der Waals surface area contributed by atoms with Gasteiger partial charge in [-0.05, 0) is 12.1 Å². The van der Waals surface area contributed by atoms with Crippen molar-refractivity contribution in [1.82, 2.24) is 0 Å². The maximum Gasteiger partial charge on any atom is 0.281 e. The van der Waals surface area contributed by atoms with Crippen LogP contribution in [-0.4, -0.2) is 15.8 Å². The predicted octanol–water partition coefficient (Wildman–Crippen LogP) is 3.66. The molecule has 110 valence electrons. The number of ketones is 1. The van der Waals surface area contributed by atoms with E-state index in [1.165, 1.54) is 12.1 Å². The summed E-state index contributed by atoms with van der Waals surface area (Å²) >= 11 is 5.68. The van der Waals surface area contributed by atoms with Crippen molar-refractivity contribution in [1.29, 1.82) is 5.26 Å². The molecule has 1 N–H and O–H groups in total. The molecule has 0 aliphatic heterocycles. The van der Waals surface area contributed by atoms with E-state index in [0.29, 0.717) is 0 Å². The monoisotopic (exact) mass is 308 g/mol. The third kappa shape index (κ3) is 3.58. The Morgan fingerprint density at radius 3 is 2.43 bits per heavy atom. The van der Waals surface area contributed by atoms with Crippen LogP contribution in [0.1, 0.15) is 26.3 Å². The summed E-state index contributed by atoms with van der Waals surface area (Å²) in [5, 5.41) is 30.3. The van der Waals surface area contributed by atoms with Gasteiger partial charge >= 0.3 is 0 Å². The van der Waals surface area contributed by atoms with Crippen LogP contribution in [0.2, 0.25) is 5.02 Å². The van der Waals surface area contributed by atoms with Crippen LogP contribution in [0.4, 0.5) is 5.69 Å².